The highest BCUT2D eigenvalue weighted by Crippen LogP contribution is 2.33. The van der Waals surface area contributed by atoms with E-state index in [2.05, 4.69) is 5.32 Å². The van der Waals surface area contributed by atoms with Crippen LogP contribution in [0.2, 0.25) is 10.0 Å². The summed E-state index contributed by atoms with van der Waals surface area (Å²) in [5, 5.41) is 4.22. The maximum Gasteiger partial charge on any atom is 0.311 e. The maximum absolute atomic E-state index is 11.6. The van der Waals surface area contributed by atoms with Gasteiger partial charge in [-0.05, 0) is 46.4 Å². The van der Waals surface area contributed by atoms with Gasteiger partial charge < -0.3 is 10.1 Å². The predicted octanol–water partition coefficient (Wildman–Crippen LogP) is 5.22. The van der Waals surface area contributed by atoms with E-state index in [9.17, 15) is 4.79 Å². The minimum Gasteiger partial charge on any atom is -0.455 e. The van der Waals surface area contributed by atoms with Gasteiger partial charge in [-0.3, -0.25) is 4.79 Å². The van der Waals surface area contributed by atoms with Crippen LogP contribution in [0.4, 0.5) is 11.4 Å². The van der Waals surface area contributed by atoms with Gasteiger partial charge in [0.05, 0.1) is 22.2 Å². The van der Waals surface area contributed by atoms with Crippen LogP contribution >= 0.6 is 45.8 Å². The molecule has 2 rings (SSSR count). The van der Waals surface area contributed by atoms with Crippen molar-refractivity contribution in [3.63, 3.8) is 0 Å². The molecule has 0 aromatic heterocycles. The number of halogens is 3. The van der Waals surface area contributed by atoms with E-state index in [0.29, 0.717) is 20.3 Å². The number of carbonyl (C=O) groups excluding carboxylic acids is 1. The highest BCUT2D eigenvalue weighted by Gasteiger charge is 2.11. The van der Waals surface area contributed by atoms with Gasteiger partial charge >= 0.3 is 5.97 Å². The molecule has 0 fully saturated rings. The topological polar surface area (TPSA) is 38.3 Å². The molecule has 21 heavy (non-hydrogen) atoms. The highest BCUT2D eigenvalue weighted by molar-refractivity contribution is 14.1. The van der Waals surface area contributed by atoms with Gasteiger partial charge in [0.15, 0.2) is 0 Å². The number of carbonyl (C=O) groups is 1. The minimum atomic E-state index is -0.274. The summed E-state index contributed by atoms with van der Waals surface area (Å²) >= 11 is 14.3. The third kappa shape index (κ3) is 4.49. The number of alkyl halides is 1. The lowest BCUT2D eigenvalue weighted by Crippen LogP contribution is -2.08. The summed E-state index contributed by atoms with van der Waals surface area (Å²) in [7, 11) is 0. The Hall–Kier alpha value is -0.980. The number of esters is 1. The van der Waals surface area contributed by atoms with Gasteiger partial charge in [-0.1, -0.05) is 47.5 Å². The summed E-state index contributed by atoms with van der Waals surface area (Å²) in [5.74, 6) is -0.274. The van der Waals surface area contributed by atoms with Crippen LogP contribution in [0.25, 0.3) is 0 Å². The first kappa shape index (κ1) is 16.4. The zero-order valence-electron chi connectivity index (χ0n) is 10.9. The van der Waals surface area contributed by atoms with Crippen molar-refractivity contribution in [1.29, 1.82) is 0 Å². The van der Waals surface area contributed by atoms with Crippen LogP contribution in [-0.4, -0.2) is 10.6 Å². The summed E-state index contributed by atoms with van der Waals surface area (Å²) in [4.78, 5) is 11.6. The van der Waals surface area contributed by atoms with E-state index in [-0.39, 0.29) is 12.4 Å². The molecular weight excluding hydrogens is 424 g/mol. The van der Waals surface area contributed by atoms with Gasteiger partial charge in [0, 0.05) is 5.69 Å². The molecule has 0 heterocycles. The van der Waals surface area contributed by atoms with Crippen molar-refractivity contribution in [2.45, 2.75) is 6.42 Å². The van der Waals surface area contributed by atoms with Crippen LogP contribution in [0.3, 0.4) is 0 Å². The SMILES string of the molecule is O=C(Cc1ccccc1Nc1c(Cl)cccc1Cl)OCI. The van der Waals surface area contributed by atoms with Crippen molar-refractivity contribution >= 4 is 63.1 Å². The highest BCUT2D eigenvalue weighted by atomic mass is 127. The summed E-state index contributed by atoms with van der Waals surface area (Å²) in [5.41, 5.74) is 2.22. The third-order valence-corrected chi connectivity index (χ3v) is 3.73. The van der Waals surface area contributed by atoms with Crippen LogP contribution in [0.5, 0.6) is 0 Å². The Kier molecular flexibility index (Phi) is 6.14. The first-order chi connectivity index (χ1) is 10.1. The van der Waals surface area contributed by atoms with Crippen LogP contribution < -0.4 is 5.32 Å². The molecule has 0 aliphatic rings. The van der Waals surface area contributed by atoms with Crippen molar-refractivity contribution in [3.8, 4) is 0 Å². The summed E-state index contributed by atoms with van der Waals surface area (Å²) in [6.07, 6.45) is 0.189. The maximum atomic E-state index is 11.6. The number of nitrogens with one attached hydrogen (secondary N) is 1. The largest absolute Gasteiger partial charge is 0.455 e. The zero-order valence-corrected chi connectivity index (χ0v) is 14.6. The van der Waals surface area contributed by atoms with Gasteiger partial charge in [-0.25, -0.2) is 0 Å². The molecule has 0 amide bonds. The first-order valence-electron chi connectivity index (χ1n) is 6.12. The Labute approximate surface area is 146 Å². The number of para-hydroxylation sites is 2. The molecule has 0 radical (unpaired) electrons. The van der Waals surface area contributed by atoms with Gasteiger partial charge in [0.1, 0.15) is 4.61 Å². The molecule has 0 atom stereocenters. The molecule has 0 aliphatic heterocycles. The van der Waals surface area contributed by atoms with Crippen LogP contribution in [0, 0.1) is 0 Å². The molecule has 0 spiro atoms. The molecule has 0 aliphatic carbocycles. The molecule has 0 bridgehead atoms. The number of benzene rings is 2. The Morgan fingerprint density at radius 3 is 2.43 bits per heavy atom. The average Bonchev–Trinajstić information content (AvgIpc) is 2.45. The smallest absolute Gasteiger partial charge is 0.311 e. The number of hydrogen-bond donors (Lipinski definition) is 1. The average molecular weight is 436 g/mol. The van der Waals surface area contributed by atoms with Crippen LogP contribution in [-0.2, 0) is 16.0 Å². The monoisotopic (exact) mass is 435 g/mol. The Balaban J connectivity index is 2.26. The van der Waals surface area contributed by atoms with Gasteiger partial charge in [-0.15, -0.1) is 0 Å². The van der Waals surface area contributed by atoms with Crippen molar-refractivity contribution in [3.05, 3.63) is 58.1 Å². The second-order valence-corrected chi connectivity index (χ2v) is 5.62. The fourth-order valence-corrected chi connectivity index (χ4v) is 2.65. The number of hydrogen-bond acceptors (Lipinski definition) is 3. The van der Waals surface area contributed by atoms with E-state index in [1.807, 2.05) is 46.9 Å². The molecule has 6 heteroatoms. The Bertz CT molecular complexity index is 629. The van der Waals surface area contributed by atoms with E-state index >= 15 is 0 Å². The van der Waals surface area contributed by atoms with Crippen molar-refractivity contribution < 1.29 is 9.53 Å². The summed E-state index contributed by atoms with van der Waals surface area (Å²) in [6.45, 7) is 0. The molecule has 2 aromatic rings. The first-order valence-corrected chi connectivity index (χ1v) is 8.40. The normalized spacial score (nSPS) is 10.2. The molecule has 0 saturated carbocycles. The van der Waals surface area contributed by atoms with E-state index in [4.69, 9.17) is 27.9 Å². The number of anilines is 2. The second-order valence-electron chi connectivity index (χ2n) is 4.18. The zero-order chi connectivity index (χ0) is 15.2. The van der Waals surface area contributed by atoms with Crippen molar-refractivity contribution in [2.24, 2.45) is 0 Å². The van der Waals surface area contributed by atoms with Crippen LogP contribution in [0.1, 0.15) is 5.56 Å². The molecule has 110 valence electrons. The van der Waals surface area contributed by atoms with Crippen LogP contribution in [0.15, 0.2) is 42.5 Å². The molecule has 1 N–H and O–H groups in total. The lowest BCUT2D eigenvalue weighted by Gasteiger charge is -2.14. The Morgan fingerprint density at radius 2 is 1.76 bits per heavy atom. The minimum absolute atomic E-state index is 0.189. The second kappa shape index (κ2) is 7.87. The van der Waals surface area contributed by atoms with Gasteiger partial charge in [-0.2, -0.15) is 0 Å². The fraction of sp³-hybridized carbons (Fsp3) is 0.133. The van der Waals surface area contributed by atoms with E-state index < -0.39 is 0 Å². The number of ether oxygens (including phenoxy) is 1. The molecule has 0 saturated heterocycles. The lowest BCUT2D eigenvalue weighted by atomic mass is 10.1. The van der Waals surface area contributed by atoms with Crippen molar-refractivity contribution in [2.75, 3.05) is 9.93 Å². The summed E-state index contributed by atoms with van der Waals surface area (Å²) in [6, 6.07) is 12.8. The molecule has 3 nitrogen and oxygen atoms in total. The molecular formula is C15H12Cl2INO2. The fourth-order valence-electron chi connectivity index (χ4n) is 1.82. The quantitative estimate of drug-likeness (QED) is 0.397. The predicted molar refractivity (Wildman–Crippen MR) is 94.9 cm³/mol. The van der Waals surface area contributed by atoms with E-state index in [1.165, 1.54) is 0 Å². The number of rotatable bonds is 5. The Morgan fingerprint density at radius 1 is 1.10 bits per heavy atom. The van der Waals surface area contributed by atoms with E-state index in [1.54, 1.807) is 18.2 Å². The van der Waals surface area contributed by atoms with Crippen molar-refractivity contribution in [1.82, 2.24) is 0 Å². The van der Waals surface area contributed by atoms with Gasteiger partial charge in [0.25, 0.3) is 0 Å². The standard InChI is InChI=1S/C15H12Cl2INO2/c16-11-5-3-6-12(17)15(11)19-13-7-2-1-4-10(13)8-14(20)21-9-18/h1-7,19H,8-9H2. The van der Waals surface area contributed by atoms with Gasteiger partial charge in [0.2, 0.25) is 0 Å². The molecule has 0 unspecified atom stereocenters. The third-order valence-electron chi connectivity index (χ3n) is 2.79. The van der Waals surface area contributed by atoms with E-state index in [0.717, 1.165) is 11.3 Å². The molecule has 2 aromatic carbocycles. The summed E-state index contributed by atoms with van der Waals surface area (Å²) < 4.78 is 5.30. The lowest BCUT2D eigenvalue weighted by molar-refractivity contribution is -0.140.